The lowest BCUT2D eigenvalue weighted by Crippen LogP contribution is -2.43. The van der Waals surface area contributed by atoms with Gasteiger partial charge in [0, 0.05) is 57.9 Å². The molecule has 2 aromatic carbocycles. The van der Waals surface area contributed by atoms with Crippen LogP contribution in [0.5, 0.6) is 0 Å². The van der Waals surface area contributed by atoms with Gasteiger partial charge in [0.25, 0.3) is 0 Å². The molecule has 0 spiro atoms. The molecule has 1 heterocycles. The van der Waals surface area contributed by atoms with E-state index in [1.54, 1.807) is 6.08 Å². The topological polar surface area (TPSA) is 30.0 Å². The third-order valence-electron chi connectivity index (χ3n) is 6.11. The summed E-state index contributed by atoms with van der Waals surface area (Å²) in [5.41, 5.74) is 4.27. The van der Waals surface area contributed by atoms with Crippen molar-refractivity contribution in [2.75, 3.05) is 67.5 Å². The van der Waals surface area contributed by atoms with Crippen molar-refractivity contribution in [3.63, 3.8) is 0 Å². The molecule has 1 fully saturated rings. The SMILES string of the molecule is CN(C)CCN(C)Cc1ccccc1C(=O)C=Cc1ccccc1CN1CCN(C)CC1. The Morgan fingerprint density at radius 3 is 2.28 bits per heavy atom. The summed E-state index contributed by atoms with van der Waals surface area (Å²) < 4.78 is 0. The van der Waals surface area contributed by atoms with Gasteiger partial charge in [0.15, 0.2) is 5.78 Å². The molecule has 1 aliphatic heterocycles. The first-order valence-corrected chi connectivity index (χ1v) is 11.5. The summed E-state index contributed by atoms with van der Waals surface area (Å²) in [6.45, 7) is 8.04. The highest BCUT2D eigenvalue weighted by molar-refractivity contribution is 6.07. The number of piperazine rings is 1. The van der Waals surface area contributed by atoms with Crippen LogP contribution in [0.15, 0.2) is 54.6 Å². The van der Waals surface area contributed by atoms with Gasteiger partial charge in [0.2, 0.25) is 0 Å². The summed E-state index contributed by atoms with van der Waals surface area (Å²) in [5, 5.41) is 0. The van der Waals surface area contributed by atoms with Crippen LogP contribution in [0, 0.1) is 0 Å². The van der Waals surface area contributed by atoms with Crippen LogP contribution < -0.4 is 0 Å². The molecule has 0 bridgehead atoms. The summed E-state index contributed by atoms with van der Waals surface area (Å²) in [6.07, 6.45) is 3.72. The molecule has 32 heavy (non-hydrogen) atoms. The third-order valence-corrected chi connectivity index (χ3v) is 6.11. The van der Waals surface area contributed by atoms with Gasteiger partial charge in [-0.25, -0.2) is 0 Å². The van der Waals surface area contributed by atoms with E-state index in [0.717, 1.165) is 69.0 Å². The number of carbonyl (C=O) groups excluding carboxylic acids is 1. The lowest BCUT2D eigenvalue weighted by molar-refractivity contribution is 0.104. The maximum atomic E-state index is 13.1. The van der Waals surface area contributed by atoms with Crippen LogP contribution in [0.25, 0.3) is 6.08 Å². The molecule has 0 amide bonds. The molecule has 1 aliphatic rings. The minimum atomic E-state index is 0.0657. The van der Waals surface area contributed by atoms with Crippen molar-refractivity contribution in [3.05, 3.63) is 76.9 Å². The van der Waals surface area contributed by atoms with Gasteiger partial charge in [0.05, 0.1) is 0 Å². The Bertz CT molecular complexity index is 900. The number of carbonyl (C=O) groups is 1. The third kappa shape index (κ3) is 7.38. The van der Waals surface area contributed by atoms with Gasteiger partial charge < -0.3 is 14.7 Å². The minimum absolute atomic E-state index is 0.0657. The van der Waals surface area contributed by atoms with Gasteiger partial charge in [-0.1, -0.05) is 54.6 Å². The molecular weight excluding hydrogens is 396 g/mol. The molecule has 0 radical (unpaired) electrons. The second-order valence-corrected chi connectivity index (χ2v) is 9.17. The van der Waals surface area contributed by atoms with Gasteiger partial charge in [0.1, 0.15) is 0 Å². The zero-order valence-corrected chi connectivity index (χ0v) is 20.1. The largest absolute Gasteiger partial charge is 0.308 e. The number of hydrogen-bond acceptors (Lipinski definition) is 5. The average Bonchev–Trinajstić information content (AvgIpc) is 2.79. The van der Waals surface area contributed by atoms with Crippen LogP contribution in [0.4, 0.5) is 0 Å². The molecule has 5 nitrogen and oxygen atoms in total. The van der Waals surface area contributed by atoms with E-state index in [1.807, 2.05) is 30.3 Å². The van der Waals surface area contributed by atoms with Crippen LogP contribution in [0.1, 0.15) is 27.0 Å². The zero-order chi connectivity index (χ0) is 22.9. The highest BCUT2D eigenvalue weighted by Crippen LogP contribution is 2.17. The van der Waals surface area contributed by atoms with Crippen LogP contribution >= 0.6 is 0 Å². The molecule has 0 aliphatic carbocycles. The maximum absolute atomic E-state index is 13.1. The summed E-state index contributed by atoms with van der Waals surface area (Å²) in [4.78, 5) is 22.4. The van der Waals surface area contributed by atoms with Gasteiger partial charge in [-0.15, -0.1) is 0 Å². The molecule has 1 saturated heterocycles. The summed E-state index contributed by atoms with van der Waals surface area (Å²) >= 11 is 0. The van der Waals surface area contributed by atoms with E-state index in [1.165, 1.54) is 5.56 Å². The summed E-state index contributed by atoms with van der Waals surface area (Å²) in [7, 11) is 8.45. The molecular formula is C27H38N4O. The van der Waals surface area contributed by atoms with Crippen LogP contribution in [-0.2, 0) is 13.1 Å². The molecule has 0 unspecified atom stereocenters. The smallest absolute Gasteiger partial charge is 0.186 e. The Morgan fingerprint density at radius 2 is 1.56 bits per heavy atom. The molecule has 5 heteroatoms. The Labute approximate surface area is 193 Å². The second kappa shape index (κ2) is 12.1. The standard InChI is InChI=1S/C27H38N4O/c1-28(2)15-16-30(4)21-25-11-7-8-12-26(25)27(32)14-13-23-9-5-6-10-24(23)22-31-19-17-29(3)18-20-31/h5-14H,15-22H2,1-4H3. The number of ketones is 1. The molecule has 0 saturated carbocycles. The van der Waals surface area contributed by atoms with E-state index in [0.29, 0.717) is 0 Å². The lowest BCUT2D eigenvalue weighted by Gasteiger charge is -2.32. The first kappa shape index (κ1) is 24.3. The molecule has 2 aromatic rings. The normalized spacial score (nSPS) is 15.8. The van der Waals surface area contributed by atoms with E-state index >= 15 is 0 Å². The Balaban J connectivity index is 1.68. The summed E-state index contributed by atoms with van der Waals surface area (Å²) in [6, 6.07) is 16.4. The van der Waals surface area contributed by atoms with E-state index in [4.69, 9.17) is 0 Å². The molecule has 3 rings (SSSR count). The van der Waals surface area contributed by atoms with E-state index < -0.39 is 0 Å². The van der Waals surface area contributed by atoms with Crippen LogP contribution in [0.3, 0.4) is 0 Å². The number of allylic oxidation sites excluding steroid dienone is 1. The van der Waals surface area contributed by atoms with Crippen molar-refractivity contribution >= 4 is 11.9 Å². The van der Waals surface area contributed by atoms with Crippen LogP contribution in [0.2, 0.25) is 0 Å². The monoisotopic (exact) mass is 434 g/mol. The second-order valence-electron chi connectivity index (χ2n) is 9.17. The maximum Gasteiger partial charge on any atom is 0.186 e. The van der Waals surface area contributed by atoms with Crippen molar-refractivity contribution in [2.24, 2.45) is 0 Å². The highest BCUT2D eigenvalue weighted by Gasteiger charge is 2.15. The number of benzene rings is 2. The fraction of sp³-hybridized carbons (Fsp3) is 0.444. The van der Waals surface area contributed by atoms with Crippen molar-refractivity contribution < 1.29 is 4.79 Å². The Hall–Kier alpha value is -2.31. The molecule has 0 N–H and O–H groups in total. The number of rotatable bonds is 10. The Kier molecular flexibility index (Phi) is 9.18. The van der Waals surface area contributed by atoms with E-state index in [-0.39, 0.29) is 5.78 Å². The van der Waals surface area contributed by atoms with Crippen molar-refractivity contribution in [3.8, 4) is 0 Å². The molecule has 0 atom stereocenters. The van der Waals surface area contributed by atoms with Crippen molar-refractivity contribution in [1.29, 1.82) is 0 Å². The first-order valence-electron chi connectivity index (χ1n) is 11.5. The van der Waals surface area contributed by atoms with Crippen LogP contribution in [-0.4, -0.2) is 92.8 Å². The van der Waals surface area contributed by atoms with Gasteiger partial charge in [-0.3, -0.25) is 9.69 Å². The fourth-order valence-electron chi connectivity index (χ4n) is 3.98. The Morgan fingerprint density at radius 1 is 0.906 bits per heavy atom. The fourth-order valence-corrected chi connectivity index (χ4v) is 3.98. The van der Waals surface area contributed by atoms with Crippen molar-refractivity contribution in [2.45, 2.75) is 13.1 Å². The lowest BCUT2D eigenvalue weighted by atomic mass is 10.0. The van der Waals surface area contributed by atoms with E-state index in [9.17, 15) is 4.79 Å². The minimum Gasteiger partial charge on any atom is -0.308 e. The number of hydrogen-bond donors (Lipinski definition) is 0. The van der Waals surface area contributed by atoms with Crippen molar-refractivity contribution in [1.82, 2.24) is 19.6 Å². The zero-order valence-electron chi connectivity index (χ0n) is 20.1. The quantitative estimate of drug-likeness (QED) is 0.423. The predicted octanol–water partition coefficient (Wildman–Crippen LogP) is 3.32. The van der Waals surface area contributed by atoms with Gasteiger partial charge in [-0.2, -0.15) is 0 Å². The molecule has 0 aromatic heterocycles. The average molecular weight is 435 g/mol. The summed E-state index contributed by atoms with van der Waals surface area (Å²) in [5.74, 6) is 0.0657. The van der Waals surface area contributed by atoms with Gasteiger partial charge in [-0.05, 0) is 51.0 Å². The highest BCUT2D eigenvalue weighted by atomic mass is 16.1. The number of likely N-dealkylation sites (N-methyl/N-ethyl adjacent to an activating group) is 3. The van der Waals surface area contributed by atoms with E-state index in [2.05, 4.69) is 72.1 Å². The number of nitrogens with zero attached hydrogens (tertiary/aromatic N) is 4. The van der Waals surface area contributed by atoms with Gasteiger partial charge >= 0.3 is 0 Å². The first-order chi connectivity index (χ1) is 15.4. The molecule has 172 valence electrons. The predicted molar refractivity (Wildman–Crippen MR) is 134 cm³/mol.